The van der Waals surface area contributed by atoms with E-state index >= 15 is 0 Å². The predicted molar refractivity (Wildman–Crippen MR) is 77.9 cm³/mol. The van der Waals surface area contributed by atoms with Gasteiger partial charge in [0.15, 0.2) is 4.84 Å². The number of alkyl halides is 2. The Balaban J connectivity index is 3.06. The number of halogens is 6. The van der Waals surface area contributed by atoms with Crippen LogP contribution in [-0.4, -0.2) is 21.5 Å². The fourth-order valence-corrected chi connectivity index (χ4v) is 2.00. The predicted octanol–water partition coefficient (Wildman–Crippen LogP) is 4.97. The molecule has 0 fully saturated rings. The third-order valence-electron chi connectivity index (χ3n) is 1.94. The molecule has 0 spiro atoms. The number of carboxylic acids is 1. The maximum absolute atomic E-state index is 11.1. The van der Waals surface area contributed by atoms with Crippen molar-refractivity contribution in [3.63, 3.8) is 0 Å². The maximum atomic E-state index is 11.1. The summed E-state index contributed by atoms with van der Waals surface area (Å²) < 4.78 is 3.00. The van der Waals surface area contributed by atoms with Crippen LogP contribution >= 0.6 is 69.6 Å². The zero-order valence-electron chi connectivity index (χ0n) is 8.84. The Morgan fingerprint density at radius 1 is 1.26 bits per heavy atom. The highest BCUT2D eigenvalue weighted by molar-refractivity contribution is 6.66. The molecular formula is C10H5Cl6O3. The van der Waals surface area contributed by atoms with Crippen LogP contribution in [0, 0.1) is 4.84 Å². The average molecular weight is 386 g/mol. The largest absolute Gasteiger partial charge is 0.478 e. The van der Waals surface area contributed by atoms with E-state index in [0.29, 0.717) is 5.02 Å². The lowest BCUT2D eigenvalue weighted by atomic mass is 10.2. The van der Waals surface area contributed by atoms with Crippen molar-refractivity contribution in [2.24, 2.45) is 0 Å². The third-order valence-corrected chi connectivity index (χ3v) is 4.23. The van der Waals surface area contributed by atoms with E-state index in [0.717, 1.165) is 0 Å². The van der Waals surface area contributed by atoms with E-state index in [1.807, 2.05) is 0 Å². The van der Waals surface area contributed by atoms with Gasteiger partial charge in [-0.15, -0.1) is 0 Å². The zero-order valence-corrected chi connectivity index (χ0v) is 13.4. The van der Waals surface area contributed by atoms with Crippen LogP contribution in [-0.2, 0) is 4.79 Å². The van der Waals surface area contributed by atoms with Crippen LogP contribution in [0.25, 0.3) is 0 Å². The van der Waals surface area contributed by atoms with E-state index in [9.17, 15) is 4.79 Å². The highest BCUT2D eigenvalue weighted by Crippen LogP contribution is 2.43. The molecule has 0 aliphatic rings. The number of carbonyl (C=O) groups is 1. The maximum Gasteiger partial charge on any atom is 0.348 e. The van der Waals surface area contributed by atoms with Gasteiger partial charge in [0, 0.05) is 5.02 Å². The minimum atomic E-state index is -2.14. The van der Waals surface area contributed by atoms with Crippen molar-refractivity contribution in [3.8, 4) is 5.75 Å². The number of hydrogen-bond donors (Lipinski definition) is 1. The number of rotatable bonds is 5. The van der Waals surface area contributed by atoms with E-state index in [2.05, 4.69) is 0 Å². The molecule has 0 bridgehead atoms. The number of carboxylic acid groups (broad SMARTS) is 1. The Morgan fingerprint density at radius 2 is 1.84 bits per heavy atom. The molecular weight excluding hydrogens is 381 g/mol. The van der Waals surface area contributed by atoms with Gasteiger partial charge in [-0.2, -0.15) is 0 Å². The van der Waals surface area contributed by atoms with Gasteiger partial charge < -0.3 is 9.84 Å². The molecule has 0 aromatic heterocycles. The number of aliphatic carboxylic acids is 1. The molecule has 0 saturated heterocycles. The normalized spacial score (nSPS) is 13.4. The lowest BCUT2D eigenvalue weighted by Crippen LogP contribution is -2.44. The number of benzene rings is 1. The Kier molecular flexibility index (Phi) is 6.18. The highest BCUT2D eigenvalue weighted by atomic mass is 35.5. The summed E-state index contributed by atoms with van der Waals surface area (Å²) in [6.07, 6.45) is -1.75. The molecule has 1 aromatic rings. The highest BCUT2D eigenvalue weighted by Gasteiger charge is 2.48. The molecule has 1 rings (SSSR count). The first-order chi connectivity index (χ1) is 8.66. The summed E-state index contributed by atoms with van der Waals surface area (Å²) in [4.78, 5) is 10.6. The van der Waals surface area contributed by atoms with Gasteiger partial charge in [0.2, 0.25) is 10.4 Å². The molecule has 1 unspecified atom stereocenters. The summed E-state index contributed by atoms with van der Waals surface area (Å²) in [6, 6.07) is 4.19. The van der Waals surface area contributed by atoms with Crippen LogP contribution in [0.1, 0.15) is 0 Å². The van der Waals surface area contributed by atoms with Gasteiger partial charge in [0.1, 0.15) is 5.75 Å². The second kappa shape index (κ2) is 6.79. The molecule has 0 amide bonds. The summed E-state index contributed by atoms with van der Waals surface area (Å²) in [5.74, 6) is -1.44. The van der Waals surface area contributed by atoms with Crippen LogP contribution in [0.2, 0.25) is 10.0 Å². The van der Waals surface area contributed by atoms with E-state index < -0.39 is 21.2 Å². The molecule has 9 heteroatoms. The Hall–Kier alpha value is 0.230. The summed E-state index contributed by atoms with van der Waals surface area (Å²) >= 11 is 34.0. The van der Waals surface area contributed by atoms with Crippen molar-refractivity contribution in [1.82, 2.24) is 0 Å². The van der Waals surface area contributed by atoms with E-state index in [1.54, 1.807) is 0 Å². The van der Waals surface area contributed by atoms with Crippen molar-refractivity contribution in [2.75, 3.05) is 0 Å². The molecule has 0 aliphatic heterocycles. The molecule has 1 aromatic carbocycles. The Bertz CT molecular complexity index is 476. The number of hydrogen-bond acceptors (Lipinski definition) is 2. The van der Waals surface area contributed by atoms with Gasteiger partial charge in [-0.25, -0.2) is 4.79 Å². The number of ether oxygens (including phenoxy) is 1. The Morgan fingerprint density at radius 3 is 2.26 bits per heavy atom. The topological polar surface area (TPSA) is 46.5 Å². The van der Waals surface area contributed by atoms with Gasteiger partial charge in [0.25, 0.3) is 0 Å². The van der Waals surface area contributed by atoms with Crippen LogP contribution in [0.5, 0.6) is 5.75 Å². The van der Waals surface area contributed by atoms with Gasteiger partial charge in [-0.1, -0.05) is 69.6 Å². The molecule has 0 aliphatic carbocycles. The first kappa shape index (κ1) is 17.3. The summed E-state index contributed by atoms with van der Waals surface area (Å²) in [5, 5.41) is 9.52. The van der Waals surface area contributed by atoms with Gasteiger partial charge >= 0.3 is 5.97 Å². The molecule has 1 radical (unpaired) electrons. The van der Waals surface area contributed by atoms with Crippen molar-refractivity contribution in [3.05, 3.63) is 33.1 Å². The third kappa shape index (κ3) is 4.35. The zero-order chi connectivity index (χ0) is 14.8. The molecule has 19 heavy (non-hydrogen) atoms. The molecule has 1 N–H and O–H groups in total. The van der Waals surface area contributed by atoms with Gasteiger partial charge in [0.05, 0.1) is 5.02 Å². The minimum Gasteiger partial charge on any atom is -0.478 e. The van der Waals surface area contributed by atoms with E-state index in [1.165, 1.54) is 18.2 Å². The second-order valence-electron chi connectivity index (χ2n) is 3.29. The first-order valence-corrected chi connectivity index (χ1v) is 6.83. The lowest BCUT2D eigenvalue weighted by molar-refractivity contribution is -0.145. The van der Waals surface area contributed by atoms with Crippen LogP contribution in [0.4, 0.5) is 0 Å². The van der Waals surface area contributed by atoms with Crippen LogP contribution in [0.3, 0.4) is 0 Å². The Labute approximate surface area is 139 Å². The second-order valence-corrected chi connectivity index (χ2v) is 6.47. The van der Waals surface area contributed by atoms with Crippen molar-refractivity contribution >= 4 is 75.6 Å². The van der Waals surface area contributed by atoms with Crippen LogP contribution in [0.15, 0.2) is 18.2 Å². The first-order valence-electron chi connectivity index (χ1n) is 4.57. The van der Waals surface area contributed by atoms with Gasteiger partial charge in [-0.05, 0) is 18.2 Å². The molecule has 105 valence electrons. The SMILES string of the molecule is O=C(O)C(Oc1ccc(Cl)cc1Cl)C(Cl)(Cl)[C](Cl)Cl. The summed E-state index contributed by atoms with van der Waals surface area (Å²) in [7, 11) is 0. The standard InChI is InChI=1S/C10H5Cl6O3/c11-4-1-2-6(5(12)3-4)19-7(8(17)18)10(15,16)9(13)14/h1-3,7H,(H,17,18). The molecule has 3 nitrogen and oxygen atoms in total. The van der Waals surface area contributed by atoms with Crippen molar-refractivity contribution < 1.29 is 14.6 Å². The average Bonchev–Trinajstić information content (AvgIpc) is 2.26. The summed E-state index contributed by atoms with van der Waals surface area (Å²) in [6.45, 7) is 0. The monoisotopic (exact) mass is 383 g/mol. The van der Waals surface area contributed by atoms with Crippen LogP contribution < -0.4 is 4.74 Å². The quantitative estimate of drug-likeness (QED) is 0.728. The van der Waals surface area contributed by atoms with E-state index in [-0.39, 0.29) is 10.8 Å². The van der Waals surface area contributed by atoms with Gasteiger partial charge in [-0.3, -0.25) is 0 Å². The van der Waals surface area contributed by atoms with Crippen molar-refractivity contribution in [2.45, 2.75) is 10.4 Å². The van der Waals surface area contributed by atoms with E-state index in [4.69, 9.17) is 79.4 Å². The smallest absolute Gasteiger partial charge is 0.348 e. The molecule has 0 heterocycles. The minimum absolute atomic E-state index is 0.0266. The fourth-order valence-electron chi connectivity index (χ4n) is 1.08. The van der Waals surface area contributed by atoms with Crippen molar-refractivity contribution in [1.29, 1.82) is 0 Å². The fraction of sp³-hybridized carbons (Fsp3) is 0.200. The lowest BCUT2D eigenvalue weighted by Gasteiger charge is -2.27. The summed E-state index contributed by atoms with van der Waals surface area (Å²) in [5.41, 5.74) is 0. The molecule has 1 atom stereocenters. The molecule has 0 saturated carbocycles.